The zero-order valence-corrected chi connectivity index (χ0v) is 22.7. The Bertz CT molecular complexity index is 1460. The normalized spacial score (nSPS) is 9.71. The molecule has 4 rings (SSSR count). The Balaban J connectivity index is 0.000000401. The molecule has 4 aromatic carbocycles. The van der Waals surface area contributed by atoms with Gasteiger partial charge in [0.15, 0.2) is 0 Å². The summed E-state index contributed by atoms with van der Waals surface area (Å²) in [6, 6.07) is 21.6. The van der Waals surface area contributed by atoms with E-state index in [4.69, 9.17) is 0 Å². The van der Waals surface area contributed by atoms with E-state index in [1.54, 1.807) is 36.4 Å². The van der Waals surface area contributed by atoms with Crippen molar-refractivity contribution in [3.8, 4) is 45.3 Å². The maximum atomic E-state index is 10.0. The average molecular weight is 565 g/mol. The van der Waals surface area contributed by atoms with Crippen LogP contribution >= 0.6 is 0 Å². The zero-order chi connectivity index (χ0) is 29.1. The molecule has 0 aromatic heterocycles. The van der Waals surface area contributed by atoms with Crippen molar-refractivity contribution in [1.82, 2.24) is 0 Å². The van der Waals surface area contributed by atoms with Gasteiger partial charge >= 0.3 is 0 Å². The Hall–Kier alpha value is -4.96. The Morgan fingerprint density at radius 2 is 0.786 bits per heavy atom. The first-order valence-corrected chi connectivity index (χ1v) is 13.0. The third-order valence-electron chi connectivity index (χ3n) is 6.37. The van der Waals surface area contributed by atoms with Gasteiger partial charge in [-0.2, -0.15) is 0 Å². The molecule has 4 aromatic rings. The highest BCUT2D eigenvalue weighted by atomic mass is 16.3. The molecule has 0 unspecified atom stereocenters. The molecule has 220 valence electrons. The number of phenolic OH excluding ortho intramolecular Hbond substituents is 4. The smallest absolute Gasteiger partial charge is 0.123 e. The summed E-state index contributed by atoms with van der Waals surface area (Å²) >= 11 is 0. The maximum absolute atomic E-state index is 10.0. The van der Waals surface area contributed by atoms with Gasteiger partial charge in [-0.05, 0) is 102 Å². The van der Waals surface area contributed by atoms with Crippen molar-refractivity contribution in [2.24, 2.45) is 0 Å². The Morgan fingerprint density at radius 3 is 1.19 bits per heavy atom. The number of allylic oxidation sites excluding steroid dienone is 4. The molecule has 0 heterocycles. The van der Waals surface area contributed by atoms with Crippen LogP contribution in [0.2, 0.25) is 0 Å². The molecule has 4 heteroatoms. The van der Waals surface area contributed by atoms with Gasteiger partial charge in [-0.25, -0.2) is 0 Å². The maximum Gasteiger partial charge on any atom is 0.123 e. The van der Waals surface area contributed by atoms with E-state index in [2.05, 4.69) is 26.3 Å². The van der Waals surface area contributed by atoms with Crippen LogP contribution in [0, 0.1) is 0 Å². The van der Waals surface area contributed by atoms with E-state index in [1.807, 2.05) is 60.7 Å². The first-order chi connectivity index (χ1) is 19.3. The Kier molecular flexibility index (Phi) is 14.2. The van der Waals surface area contributed by atoms with Gasteiger partial charge in [0, 0.05) is 16.7 Å². The molecular formula is C38H44O4. The summed E-state index contributed by atoms with van der Waals surface area (Å²) < 4.78 is 0. The topological polar surface area (TPSA) is 80.9 Å². The van der Waals surface area contributed by atoms with Crippen molar-refractivity contribution in [1.29, 1.82) is 0 Å². The fourth-order valence-electron chi connectivity index (χ4n) is 4.37. The lowest BCUT2D eigenvalue weighted by Gasteiger charge is -2.10. The highest BCUT2D eigenvalue weighted by molar-refractivity contribution is 5.76. The van der Waals surface area contributed by atoms with E-state index in [9.17, 15) is 20.4 Å². The molecule has 0 amide bonds. The second-order valence-corrected chi connectivity index (χ2v) is 9.37. The summed E-state index contributed by atoms with van der Waals surface area (Å²) in [5.74, 6) is 0.788. The van der Waals surface area contributed by atoms with Crippen LogP contribution in [0.25, 0.3) is 22.3 Å². The van der Waals surface area contributed by atoms with Crippen LogP contribution in [-0.2, 0) is 25.7 Å². The molecule has 42 heavy (non-hydrogen) atoms. The van der Waals surface area contributed by atoms with Crippen LogP contribution < -0.4 is 0 Å². The van der Waals surface area contributed by atoms with E-state index in [-0.39, 0.29) is 37.9 Å². The van der Waals surface area contributed by atoms with Crippen LogP contribution in [-0.4, -0.2) is 20.4 Å². The largest absolute Gasteiger partial charge is 0.508 e. The monoisotopic (exact) mass is 564 g/mol. The highest BCUT2D eigenvalue weighted by Crippen LogP contribution is 2.37. The van der Waals surface area contributed by atoms with E-state index >= 15 is 0 Å². The molecular weight excluding hydrogens is 520 g/mol. The second kappa shape index (κ2) is 17.0. The summed E-state index contributed by atoms with van der Waals surface area (Å²) in [5, 5.41) is 39.9. The minimum atomic E-state index is 0. The highest BCUT2D eigenvalue weighted by Gasteiger charge is 2.11. The van der Waals surface area contributed by atoms with Crippen molar-refractivity contribution >= 4 is 0 Å². The first kappa shape index (κ1) is 35.1. The van der Waals surface area contributed by atoms with Crippen LogP contribution in [0.5, 0.6) is 23.0 Å². The second-order valence-electron chi connectivity index (χ2n) is 9.37. The molecule has 0 fully saturated rings. The fourth-order valence-corrected chi connectivity index (χ4v) is 4.37. The van der Waals surface area contributed by atoms with Crippen molar-refractivity contribution in [3.63, 3.8) is 0 Å². The molecule has 0 bridgehead atoms. The van der Waals surface area contributed by atoms with Gasteiger partial charge in [0.2, 0.25) is 0 Å². The number of aromatic hydroxyl groups is 4. The number of hydrogen-bond acceptors (Lipinski definition) is 4. The summed E-state index contributed by atoms with van der Waals surface area (Å²) in [6.07, 6.45) is 9.98. The van der Waals surface area contributed by atoms with E-state index in [0.717, 1.165) is 52.6 Å². The standard InChI is InChI=1S/2C18H18O2.2CH4/c1-3-5-13-7-9-18(20)16(11-13)14-8-10-17(19)15(12-14)6-4-2;1-3-5-13-7-9-17(19)15(11-13)16-12-14(6-4-2)8-10-18(16)20;;/h2*3-4,7-12,19-20H,1-2,5-6H2;2*1H4. The molecule has 0 saturated heterocycles. The summed E-state index contributed by atoms with van der Waals surface area (Å²) in [4.78, 5) is 0. The van der Waals surface area contributed by atoms with Crippen molar-refractivity contribution in [3.05, 3.63) is 146 Å². The number of phenols is 4. The predicted octanol–water partition coefficient (Wildman–Crippen LogP) is 9.72. The lowest BCUT2D eigenvalue weighted by molar-refractivity contribution is 0.469. The number of benzene rings is 4. The van der Waals surface area contributed by atoms with Crippen LogP contribution in [0.3, 0.4) is 0 Å². The predicted molar refractivity (Wildman–Crippen MR) is 179 cm³/mol. The number of hydrogen-bond donors (Lipinski definition) is 4. The molecule has 0 aliphatic rings. The van der Waals surface area contributed by atoms with E-state index in [1.165, 1.54) is 0 Å². The van der Waals surface area contributed by atoms with Crippen molar-refractivity contribution < 1.29 is 20.4 Å². The molecule has 4 N–H and O–H groups in total. The van der Waals surface area contributed by atoms with Crippen molar-refractivity contribution in [2.75, 3.05) is 0 Å². The minimum Gasteiger partial charge on any atom is -0.508 e. The SMILES string of the molecule is C.C.C=CCc1ccc(O)c(-c2cc(CC=C)ccc2O)c1.C=CCc1ccc(O)c(-c2ccc(O)c(CC=C)c2)c1. The fraction of sp³-hybridized carbons (Fsp3) is 0.158. The van der Waals surface area contributed by atoms with Gasteiger partial charge in [0.25, 0.3) is 0 Å². The molecule has 4 nitrogen and oxygen atoms in total. The van der Waals surface area contributed by atoms with Gasteiger partial charge in [-0.15, -0.1) is 26.3 Å². The minimum absolute atomic E-state index is 0. The first-order valence-electron chi connectivity index (χ1n) is 13.0. The van der Waals surface area contributed by atoms with Crippen LogP contribution in [0.1, 0.15) is 37.1 Å². The summed E-state index contributed by atoms with van der Waals surface area (Å²) in [6.45, 7) is 14.8. The molecule has 0 saturated carbocycles. The average Bonchev–Trinajstić information content (AvgIpc) is 2.94. The van der Waals surface area contributed by atoms with E-state index in [0.29, 0.717) is 17.5 Å². The van der Waals surface area contributed by atoms with Crippen LogP contribution in [0.15, 0.2) is 123 Å². The Morgan fingerprint density at radius 1 is 0.429 bits per heavy atom. The van der Waals surface area contributed by atoms with E-state index < -0.39 is 0 Å². The lowest BCUT2D eigenvalue weighted by atomic mass is 9.97. The third kappa shape index (κ3) is 9.03. The number of rotatable bonds is 10. The van der Waals surface area contributed by atoms with Gasteiger partial charge in [-0.3, -0.25) is 0 Å². The van der Waals surface area contributed by atoms with Gasteiger partial charge < -0.3 is 20.4 Å². The van der Waals surface area contributed by atoms with Gasteiger partial charge in [-0.1, -0.05) is 63.4 Å². The molecule has 0 radical (unpaired) electrons. The lowest BCUT2D eigenvalue weighted by Crippen LogP contribution is -1.88. The molecule has 0 spiro atoms. The van der Waals surface area contributed by atoms with Crippen LogP contribution in [0.4, 0.5) is 0 Å². The molecule has 0 aliphatic heterocycles. The summed E-state index contributed by atoms with van der Waals surface area (Å²) in [7, 11) is 0. The quantitative estimate of drug-likeness (QED) is 0.145. The zero-order valence-electron chi connectivity index (χ0n) is 22.7. The third-order valence-corrected chi connectivity index (χ3v) is 6.37. The summed E-state index contributed by atoms with van der Waals surface area (Å²) in [5.41, 5.74) is 6.87. The molecule has 0 atom stereocenters. The van der Waals surface area contributed by atoms with Gasteiger partial charge in [0.1, 0.15) is 23.0 Å². The molecule has 0 aliphatic carbocycles. The van der Waals surface area contributed by atoms with Crippen molar-refractivity contribution in [2.45, 2.75) is 40.5 Å². The Labute approximate surface area is 251 Å². The van der Waals surface area contributed by atoms with Gasteiger partial charge in [0.05, 0.1) is 0 Å².